The topological polar surface area (TPSA) is 118 Å². The highest BCUT2D eigenvalue weighted by atomic mass is 19.1. The molecule has 0 unspecified atom stereocenters. The average molecular weight is 273 g/mol. The zero-order chi connectivity index (χ0) is 14.7. The number of nitrogen functional groups attached to an aromatic ring is 1. The van der Waals surface area contributed by atoms with Gasteiger partial charge in [0.2, 0.25) is 5.82 Å². The quantitative estimate of drug-likeness (QED) is 0.654. The first kappa shape index (κ1) is 13.2. The van der Waals surface area contributed by atoms with Crippen molar-refractivity contribution in [1.29, 1.82) is 5.26 Å². The molecule has 0 radical (unpaired) electrons. The first-order valence-electron chi connectivity index (χ1n) is 5.39. The molecule has 2 aromatic rings. The summed E-state index contributed by atoms with van der Waals surface area (Å²) in [5.41, 5.74) is 4.96. The van der Waals surface area contributed by atoms with Gasteiger partial charge in [-0.2, -0.15) is 5.26 Å². The smallest absolute Gasteiger partial charge is 0.311 e. The van der Waals surface area contributed by atoms with Gasteiger partial charge in [0, 0.05) is 6.07 Å². The third-order valence-corrected chi connectivity index (χ3v) is 2.47. The van der Waals surface area contributed by atoms with Crippen molar-refractivity contribution in [3.05, 3.63) is 51.8 Å². The van der Waals surface area contributed by atoms with E-state index in [4.69, 9.17) is 11.0 Å². The van der Waals surface area contributed by atoms with Gasteiger partial charge in [0.25, 0.3) is 0 Å². The average Bonchev–Trinajstić information content (AvgIpc) is 2.38. The third-order valence-electron chi connectivity index (χ3n) is 2.47. The van der Waals surface area contributed by atoms with Crippen LogP contribution >= 0.6 is 0 Å². The molecule has 0 atom stereocenters. The molecule has 0 saturated heterocycles. The molecule has 0 spiro atoms. The Morgan fingerprint density at radius 3 is 2.80 bits per heavy atom. The lowest BCUT2D eigenvalue weighted by molar-refractivity contribution is -0.384. The highest BCUT2D eigenvalue weighted by molar-refractivity contribution is 5.71. The van der Waals surface area contributed by atoms with Gasteiger partial charge in [-0.1, -0.05) is 6.07 Å². The molecule has 20 heavy (non-hydrogen) atoms. The number of nitrogens with zero attached hydrogens (tertiary/aromatic N) is 3. The van der Waals surface area contributed by atoms with Crippen LogP contribution in [0.15, 0.2) is 30.3 Å². The molecule has 8 heteroatoms. The molecule has 0 aliphatic heterocycles. The van der Waals surface area contributed by atoms with Gasteiger partial charge >= 0.3 is 5.69 Å². The predicted octanol–water partition coefficient (Wildman–Crippen LogP) is 2.33. The van der Waals surface area contributed by atoms with E-state index in [0.717, 1.165) is 6.07 Å². The molecule has 0 saturated carbocycles. The second kappa shape index (κ2) is 5.19. The Labute approximate surface area is 112 Å². The highest BCUT2D eigenvalue weighted by Gasteiger charge is 2.17. The van der Waals surface area contributed by atoms with Crippen molar-refractivity contribution in [2.45, 2.75) is 0 Å². The van der Waals surface area contributed by atoms with Crippen LogP contribution < -0.4 is 11.1 Å². The maximum Gasteiger partial charge on any atom is 0.311 e. The second-order valence-electron chi connectivity index (χ2n) is 3.76. The van der Waals surface area contributed by atoms with E-state index in [2.05, 4.69) is 10.3 Å². The van der Waals surface area contributed by atoms with E-state index in [0.29, 0.717) is 0 Å². The molecule has 0 fully saturated rings. The standard InChI is InChI=1S/C12H8FN5O2/c13-8-2-1-3-9(7(8)6-14)16-12-10(18(19)20)4-5-11(15)17-12/h1-5H,(H3,15,16,17). The first-order chi connectivity index (χ1) is 9.52. The lowest BCUT2D eigenvalue weighted by Gasteiger charge is -2.08. The molecule has 0 aliphatic rings. The number of hydrogen-bond donors (Lipinski definition) is 2. The minimum atomic E-state index is -0.732. The molecule has 3 N–H and O–H groups in total. The van der Waals surface area contributed by atoms with E-state index in [-0.39, 0.29) is 28.6 Å². The lowest BCUT2D eigenvalue weighted by atomic mass is 10.2. The fraction of sp³-hybridized carbons (Fsp3) is 0. The molecule has 0 bridgehead atoms. The number of nitro groups is 1. The summed E-state index contributed by atoms with van der Waals surface area (Å²) in [7, 11) is 0. The van der Waals surface area contributed by atoms with E-state index in [9.17, 15) is 14.5 Å². The minimum Gasteiger partial charge on any atom is -0.384 e. The Bertz CT molecular complexity index is 726. The fourth-order valence-corrected chi connectivity index (χ4v) is 1.58. The number of benzene rings is 1. The number of hydrogen-bond acceptors (Lipinski definition) is 6. The van der Waals surface area contributed by atoms with Crippen LogP contribution in [-0.4, -0.2) is 9.91 Å². The highest BCUT2D eigenvalue weighted by Crippen LogP contribution is 2.28. The first-order valence-corrected chi connectivity index (χ1v) is 5.39. The van der Waals surface area contributed by atoms with E-state index in [1.165, 1.54) is 24.3 Å². The maximum atomic E-state index is 13.5. The van der Waals surface area contributed by atoms with Crippen molar-refractivity contribution in [3.8, 4) is 6.07 Å². The van der Waals surface area contributed by atoms with Crippen LogP contribution in [0.25, 0.3) is 0 Å². The Balaban J connectivity index is 2.51. The molecule has 1 heterocycles. The van der Waals surface area contributed by atoms with Gasteiger partial charge in [-0.05, 0) is 18.2 Å². The van der Waals surface area contributed by atoms with E-state index in [1.807, 2.05) is 0 Å². The zero-order valence-corrected chi connectivity index (χ0v) is 10.0. The molecule has 0 aliphatic carbocycles. The number of anilines is 3. The molecule has 100 valence electrons. The van der Waals surface area contributed by atoms with Crippen molar-refractivity contribution in [1.82, 2.24) is 4.98 Å². The van der Waals surface area contributed by atoms with Crippen molar-refractivity contribution < 1.29 is 9.31 Å². The third kappa shape index (κ3) is 2.46. The second-order valence-corrected chi connectivity index (χ2v) is 3.76. The molecular formula is C12H8FN5O2. The van der Waals surface area contributed by atoms with Crippen molar-refractivity contribution >= 4 is 23.0 Å². The zero-order valence-electron chi connectivity index (χ0n) is 10.0. The Morgan fingerprint density at radius 2 is 2.15 bits per heavy atom. The van der Waals surface area contributed by atoms with Crippen molar-refractivity contribution in [2.75, 3.05) is 11.1 Å². The van der Waals surface area contributed by atoms with Crippen LogP contribution in [0.3, 0.4) is 0 Å². The van der Waals surface area contributed by atoms with Gasteiger partial charge in [0.05, 0.1) is 10.6 Å². The van der Waals surface area contributed by atoms with Crippen molar-refractivity contribution in [2.24, 2.45) is 0 Å². The lowest BCUT2D eigenvalue weighted by Crippen LogP contribution is -2.03. The van der Waals surface area contributed by atoms with Gasteiger partial charge in [-0.3, -0.25) is 10.1 Å². The fourth-order valence-electron chi connectivity index (χ4n) is 1.58. The molecule has 2 rings (SSSR count). The van der Waals surface area contributed by atoms with Crippen LogP contribution in [-0.2, 0) is 0 Å². The number of halogens is 1. The summed E-state index contributed by atoms with van der Waals surface area (Å²) < 4.78 is 13.5. The number of pyridine rings is 1. The number of nitrogens with one attached hydrogen (secondary N) is 1. The number of nitriles is 1. The number of nitrogens with two attached hydrogens (primary N) is 1. The Hall–Kier alpha value is -3.21. The largest absolute Gasteiger partial charge is 0.384 e. The van der Waals surface area contributed by atoms with E-state index >= 15 is 0 Å². The molecular weight excluding hydrogens is 265 g/mol. The van der Waals surface area contributed by atoms with Gasteiger partial charge in [-0.25, -0.2) is 9.37 Å². The van der Waals surface area contributed by atoms with Crippen LogP contribution in [0.1, 0.15) is 5.56 Å². The summed E-state index contributed by atoms with van der Waals surface area (Å²) in [5.74, 6) is -0.825. The van der Waals surface area contributed by atoms with Crippen LogP contribution in [0.2, 0.25) is 0 Å². The van der Waals surface area contributed by atoms with Crippen molar-refractivity contribution in [3.63, 3.8) is 0 Å². The maximum absolute atomic E-state index is 13.5. The summed E-state index contributed by atoms with van der Waals surface area (Å²) in [5, 5.41) is 22.4. The van der Waals surface area contributed by atoms with E-state index in [1.54, 1.807) is 6.07 Å². The van der Waals surface area contributed by atoms with Crippen LogP contribution in [0.4, 0.5) is 27.4 Å². The summed E-state index contributed by atoms with van der Waals surface area (Å²) in [6.07, 6.45) is 0. The Morgan fingerprint density at radius 1 is 1.40 bits per heavy atom. The normalized spacial score (nSPS) is 9.80. The summed E-state index contributed by atoms with van der Waals surface area (Å²) in [4.78, 5) is 14.0. The van der Waals surface area contributed by atoms with Gasteiger partial charge in [0.1, 0.15) is 23.3 Å². The van der Waals surface area contributed by atoms with Gasteiger partial charge < -0.3 is 11.1 Å². The van der Waals surface area contributed by atoms with Crippen LogP contribution in [0.5, 0.6) is 0 Å². The van der Waals surface area contributed by atoms with Gasteiger partial charge in [-0.15, -0.1) is 0 Å². The minimum absolute atomic E-state index is 0.0630. The molecule has 0 amide bonds. The molecule has 1 aromatic heterocycles. The molecule has 1 aromatic carbocycles. The van der Waals surface area contributed by atoms with Gasteiger partial charge in [0.15, 0.2) is 0 Å². The van der Waals surface area contributed by atoms with Crippen LogP contribution in [0, 0.1) is 27.3 Å². The summed E-state index contributed by atoms with van der Waals surface area (Å²) >= 11 is 0. The monoisotopic (exact) mass is 273 g/mol. The number of rotatable bonds is 3. The molecule has 7 nitrogen and oxygen atoms in total. The van der Waals surface area contributed by atoms with E-state index < -0.39 is 10.7 Å². The SMILES string of the molecule is N#Cc1c(F)cccc1Nc1nc(N)ccc1[N+](=O)[O-]. The predicted molar refractivity (Wildman–Crippen MR) is 69.7 cm³/mol. The summed E-state index contributed by atoms with van der Waals surface area (Å²) in [6.45, 7) is 0. The Kier molecular flexibility index (Phi) is 3.43. The number of aromatic nitrogens is 1. The summed E-state index contributed by atoms with van der Waals surface area (Å²) in [6, 6.07) is 8.04.